The molecular weight excluding hydrogens is 803 g/mol. The minimum Gasteiger partial charge on any atom is -0.365 e. The number of aromatic nitrogens is 2. The number of nitrogens with one attached hydrogen (secondary N) is 3. The second-order valence-corrected chi connectivity index (χ2v) is 15.6. The Morgan fingerprint density at radius 2 is 1.69 bits per heavy atom. The number of amides is 6. The third kappa shape index (κ3) is 7.35. The zero-order valence-corrected chi connectivity index (χ0v) is 31.4. The monoisotopic (exact) mass is 834 g/mol. The van der Waals surface area contributed by atoms with Crippen LogP contribution in [-0.4, -0.2) is 100.0 Å². The van der Waals surface area contributed by atoms with Gasteiger partial charge in [0.15, 0.2) is 0 Å². The van der Waals surface area contributed by atoms with Crippen molar-refractivity contribution in [2.45, 2.75) is 24.8 Å². The Bertz CT molecular complexity index is 2410. The molecule has 4 heterocycles. The SMILES string of the molecule is Cc1cc(S(=O)(=O)N2CCN(Cc3ccc4c(c3)C(=O)N(N3CCC(=O)NC3=O)C4=O)CC2)ccc1Nc1ncc(Br)c(Nc2cccc(F)c2C(N)=O)n1. The number of urea groups is 1. The molecule has 0 radical (unpaired) electrons. The summed E-state index contributed by atoms with van der Waals surface area (Å²) in [7, 11) is -3.86. The van der Waals surface area contributed by atoms with E-state index in [0.29, 0.717) is 35.4 Å². The van der Waals surface area contributed by atoms with E-state index in [-0.39, 0.29) is 65.1 Å². The number of rotatable bonds is 10. The number of imide groups is 2. The molecule has 0 aliphatic carbocycles. The highest BCUT2D eigenvalue weighted by Gasteiger charge is 2.43. The van der Waals surface area contributed by atoms with E-state index in [1.807, 2.05) is 4.90 Å². The Hall–Kier alpha value is -5.83. The molecule has 0 spiro atoms. The van der Waals surface area contributed by atoms with Crippen LogP contribution in [0.25, 0.3) is 0 Å². The Morgan fingerprint density at radius 3 is 2.40 bits per heavy atom. The van der Waals surface area contributed by atoms with Crippen LogP contribution in [-0.2, 0) is 21.4 Å². The number of carbonyl (C=O) groups is 5. The average molecular weight is 836 g/mol. The van der Waals surface area contributed by atoms with Crippen molar-refractivity contribution in [2.75, 3.05) is 43.4 Å². The van der Waals surface area contributed by atoms with Crippen LogP contribution in [0.1, 0.15) is 48.6 Å². The summed E-state index contributed by atoms with van der Waals surface area (Å²) in [6.45, 7) is 3.27. The number of aryl methyl sites for hydroxylation is 1. The van der Waals surface area contributed by atoms with Crippen LogP contribution >= 0.6 is 15.9 Å². The number of anilines is 4. The molecule has 17 nitrogen and oxygen atoms in total. The summed E-state index contributed by atoms with van der Waals surface area (Å²) < 4.78 is 43.5. The fraction of sp³-hybridized carbons (Fsp3) is 0.229. The van der Waals surface area contributed by atoms with Gasteiger partial charge in [0.05, 0.1) is 38.3 Å². The van der Waals surface area contributed by atoms with Crippen molar-refractivity contribution < 1.29 is 36.8 Å². The van der Waals surface area contributed by atoms with Gasteiger partial charge in [-0.25, -0.2) is 27.6 Å². The summed E-state index contributed by atoms with van der Waals surface area (Å²) in [5.41, 5.74) is 7.32. The zero-order valence-electron chi connectivity index (χ0n) is 29.0. The van der Waals surface area contributed by atoms with Crippen LogP contribution in [0.5, 0.6) is 0 Å². The van der Waals surface area contributed by atoms with Crippen LogP contribution in [0.2, 0.25) is 0 Å². The number of piperazine rings is 1. The number of hydrogen-bond donors (Lipinski definition) is 4. The lowest BCUT2D eigenvalue weighted by Crippen LogP contribution is -2.58. The Morgan fingerprint density at radius 1 is 0.945 bits per heavy atom. The molecule has 0 bridgehead atoms. The van der Waals surface area contributed by atoms with Gasteiger partial charge >= 0.3 is 6.03 Å². The van der Waals surface area contributed by atoms with E-state index in [2.05, 4.69) is 41.8 Å². The number of sulfonamides is 1. The summed E-state index contributed by atoms with van der Waals surface area (Å²) in [5.74, 6) is -3.18. The number of nitrogens with two attached hydrogens (primary N) is 1. The largest absolute Gasteiger partial charge is 0.365 e. The molecule has 6 amide bonds. The van der Waals surface area contributed by atoms with Crippen LogP contribution in [0.4, 0.5) is 32.3 Å². The Balaban J connectivity index is 0.978. The van der Waals surface area contributed by atoms with Gasteiger partial charge in [0.2, 0.25) is 21.9 Å². The molecule has 3 aliphatic heterocycles. The lowest BCUT2D eigenvalue weighted by molar-refractivity contribution is -0.122. The number of carbonyl (C=O) groups excluding carboxylic acids is 5. The first-order chi connectivity index (χ1) is 26.2. The van der Waals surface area contributed by atoms with E-state index in [0.717, 1.165) is 21.6 Å². The van der Waals surface area contributed by atoms with Crippen molar-refractivity contribution in [3.63, 3.8) is 0 Å². The maximum atomic E-state index is 14.3. The van der Waals surface area contributed by atoms with Crippen molar-refractivity contribution in [1.29, 1.82) is 0 Å². The third-order valence-electron chi connectivity index (χ3n) is 9.28. The van der Waals surface area contributed by atoms with E-state index in [4.69, 9.17) is 5.73 Å². The van der Waals surface area contributed by atoms with Gasteiger partial charge < -0.3 is 16.4 Å². The molecule has 2 saturated heterocycles. The minimum absolute atomic E-state index is 0.0419. The first kappa shape index (κ1) is 37.5. The smallest absolute Gasteiger partial charge is 0.343 e. The van der Waals surface area contributed by atoms with Gasteiger partial charge in [0.25, 0.3) is 17.7 Å². The number of halogens is 2. The molecule has 3 aliphatic rings. The van der Waals surface area contributed by atoms with Crippen LogP contribution in [0.15, 0.2) is 70.2 Å². The highest BCUT2D eigenvalue weighted by atomic mass is 79.9. The molecule has 20 heteroatoms. The number of hydrazine groups is 1. The molecule has 3 aromatic carbocycles. The summed E-state index contributed by atoms with van der Waals surface area (Å²) in [6, 6.07) is 12.7. The summed E-state index contributed by atoms with van der Waals surface area (Å²) >= 11 is 3.34. The van der Waals surface area contributed by atoms with Crippen LogP contribution < -0.4 is 21.7 Å². The van der Waals surface area contributed by atoms with Crippen molar-refractivity contribution in [3.8, 4) is 0 Å². The number of benzene rings is 3. The molecule has 0 atom stereocenters. The Labute approximate surface area is 321 Å². The summed E-state index contributed by atoms with van der Waals surface area (Å²) in [5, 5.41) is 9.77. The maximum absolute atomic E-state index is 14.3. The first-order valence-corrected chi connectivity index (χ1v) is 19.1. The number of hydrogen-bond acceptors (Lipinski definition) is 12. The van der Waals surface area contributed by atoms with Gasteiger partial charge in [-0.3, -0.25) is 29.4 Å². The maximum Gasteiger partial charge on any atom is 0.343 e. The quantitative estimate of drug-likeness (QED) is 0.169. The molecule has 7 rings (SSSR count). The number of fused-ring (bicyclic) bond motifs is 1. The molecular formula is C35H32BrFN10O7S. The van der Waals surface area contributed by atoms with Crippen molar-refractivity contribution in [1.82, 2.24) is 34.5 Å². The van der Waals surface area contributed by atoms with E-state index >= 15 is 0 Å². The van der Waals surface area contributed by atoms with E-state index in [9.17, 15) is 36.8 Å². The number of nitrogens with zero attached hydrogens (tertiary/aromatic N) is 6. The minimum atomic E-state index is -3.86. The number of primary amides is 1. The highest BCUT2D eigenvalue weighted by molar-refractivity contribution is 9.10. The highest BCUT2D eigenvalue weighted by Crippen LogP contribution is 2.31. The van der Waals surface area contributed by atoms with Crippen molar-refractivity contribution in [2.24, 2.45) is 5.73 Å². The van der Waals surface area contributed by atoms with Gasteiger partial charge in [-0.05, 0) is 76.4 Å². The van der Waals surface area contributed by atoms with E-state index < -0.39 is 45.5 Å². The molecule has 55 heavy (non-hydrogen) atoms. The average Bonchev–Trinajstić information content (AvgIpc) is 3.38. The molecule has 2 fully saturated rings. The van der Waals surface area contributed by atoms with Gasteiger partial charge in [-0.2, -0.15) is 14.3 Å². The van der Waals surface area contributed by atoms with Crippen molar-refractivity contribution in [3.05, 3.63) is 98.9 Å². The standard InChI is InChI=1S/C35H32BrFN10O7S/c1-19-15-21(6-8-26(19)41-34-39-17-24(36)31(43-34)40-27-4-2-3-25(37)29(27)30(38)49)55(53,54)45-13-11-44(12-14-45)18-20-5-7-22-23(16-20)33(51)47(32(22)50)46-10-9-28(48)42-35(46)52/h2-8,15-17H,9-14,18H2,1H3,(H2,38,49)(H,42,48,52)(H2,39,40,41,43). The molecule has 4 aromatic rings. The van der Waals surface area contributed by atoms with Crippen molar-refractivity contribution >= 4 is 78.8 Å². The predicted molar refractivity (Wildman–Crippen MR) is 198 cm³/mol. The van der Waals surface area contributed by atoms with Gasteiger partial charge in [0.1, 0.15) is 11.6 Å². The molecule has 0 saturated carbocycles. The predicted octanol–water partition coefficient (Wildman–Crippen LogP) is 3.23. The molecule has 1 aromatic heterocycles. The fourth-order valence-electron chi connectivity index (χ4n) is 6.45. The van der Waals surface area contributed by atoms with Crippen LogP contribution in [0.3, 0.4) is 0 Å². The lowest BCUT2D eigenvalue weighted by Gasteiger charge is -2.34. The van der Waals surface area contributed by atoms with E-state index in [1.54, 1.807) is 31.2 Å². The first-order valence-electron chi connectivity index (χ1n) is 16.8. The third-order valence-corrected chi connectivity index (χ3v) is 11.8. The Kier molecular flexibility index (Phi) is 10.1. The fourth-order valence-corrected chi connectivity index (χ4v) is 8.25. The summed E-state index contributed by atoms with van der Waals surface area (Å²) in [4.78, 5) is 72.8. The van der Waals surface area contributed by atoms with Crippen LogP contribution in [0, 0.1) is 12.7 Å². The van der Waals surface area contributed by atoms with Gasteiger partial charge in [0, 0.05) is 51.0 Å². The normalized spacial score (nSPS) is 16.6. The zero-order chi connectivity index (χ0) is 39.2. The second-order valence-electron chi connectivity index (χ2n) is 12.9. The van der Waals surface area contributed by atoms with E-state index in [1.165, 1.54) is 34.8 Å². The molecule has 5 N–H and O–H groups in total. The molecule has 0 unspecified atom stereocenters. The second kappa shape index (κ2) is 14.8. The molecule has 284 valence electrons. The van der Waals surface area contributed by atoms with Gasteiger partial charge in [-0.1, -0.05) is 12.1 Å². The lowest BCUT2D eigenvalue weighted by atomic mass is 10.1. The summed E-state index contributed by atoms with van der Waals surface area (Å²) in [6.07, 6.45) is 1.41. The topological polar surface area (TPSA) is 220 Å². The van der Waals surface area contributed by atoms with Gasteiger partial charge in [-0.15, -0.1) is 0 Å².